The molecule has 2 aromatic heterocycles. The summed E-state index contributed by atoms with van der Waals surface area (Å²) in [6, 6.07) is 52.8. The summed E-state index contributed by atoms with van der Waals surface area (Å²) in [5, 5.41) is 5.99. The number of benzene rings is 8. The van der Waals surface area contributed by atoms with Gasteiger partial charge >= 0.3 is 0 Å². The molecule has 0 amide bonds. The third-order valence-electron chi connectivity index (χ3n) is 17.0. The number of aryl methyl sites for hydroxylation is 2. The molecule has 0 aliphatic heterocycles. The monoisotopic (exact) mass is 1020 g/mol. The van der Waals surface area contributed by atoms with Gasteiger partial charge in [0.1, 0.15) is 0 Å². The first-order valence-corrected chi connectivity index (χ1v) is 27.9. The zero-order chi connectivity index (χ0) is 52.7. The van der Waals surface area contributed by atoms with Gasteiger partial charge in [-0.15, -0.1) is 0 Å². The molecule has 0 saturated heterocycles. The van der Waals surface area contributed by atoms with Crippen molar-refractivity contribution < 1.29 is 18.9 Å². The lowest BCUT2D eigenvalue weighted by Gasteiger charge is -2.22. The number of fused-ring (bicyclic) bond motifs is 7. The highest BCUT2D eigenvalue weighted by molar-refractivity contribution is 6.04. The minimum atomic E-state index is 0.595. The van der Waals surface area contributed by atoms with E-state index < -0.39 is 0 Å². The van der Waals surface area contributed by atoms with Crippen LogP contribution in [0.1, 0.15) is 121 Å². The Balaban J connectivity index is 0.833. The van der Waals surface area contributed by atoms with E-state index in [1.54, 1.807) is 28.4 Å². The van der Waals surface area contributed by atoms with Crippen molar-refractivity contribution in [3.63, 3.8) is 0 Å². The Morgan fingerprint density at radius 2 is 0.744 bits per heavy atom. The van der Waals surface area contributed by atoms with Crippen LogP contribution in [0.25, 0.3) is 77.0 Å². The van der Waals surface area contributed by atoms with Crippen molar-refractivity contribution in [2.75, 3.05) is 28.4 Å². The number of hydrogen-bond acceptors (Lipinski definition) is 6. The van der Waals surface area contributed by atoms with Gasteiger partial charge in [-0.3, -0.25) is 0 Å². The molecule has 2 fully saturated rings. The third-order valence-corrected chi connectivity index (χ3v) is 17.0. The molecule has 78 heavy (non-hydrogen) atoms. The molecule has 0 N–H and O–H groups in total. The lowest BCUT2D eigenvalue weighted by atomic mass is 9.84. The van der Waals surface area contributed by atoms with Crippen molar-refractivity contribution in [3.05, 3.63) is 190 Å². The van der Waals surface area contributed by atoms with E-state index in [1.165, 1.54) is 109 Å². The highest BCUT2D eigenvalue weighted by Gasteiger charge is 2.24. The molecule has 6 nitrogen and oxygen atoms in total. The molecule has 13 rings (SSSR count). The van der Waals surface area contributed by atoms with Crippen molar-refractivity contribution in [2.24, 2.45) is 0 Å². The molecule has 0 atom stereocenters. The number of ether oxygens (including phenoxy) is 4. The van der Waals surface area contributed by atoms with E-state index in [0.29, 0.717) is 34.8 Å². The van der Waals surface area contributed by atoms with Crippen molar-refractivity contribution >= 4 is 43.4 Å². The van der Waals surface area contributed by atoms with E-state index in [0.717, 1.165) is 89.8 Å². The Kier molecular flexibility index (Phi) is 13.3. The lowest BCUT2D eigenvalue weighted by molar-refractivity contribution is 0.355. The van der Waals surface area contributed by atoms with Crippen LogP contribution in [0.5, 0.6) is 23.0 Å². The number of nitrogens with zero attached hydrogens (tertiary/aromatic N) is 2. The van der Waals surface area contributed by atoms with Gasteiger partial charge < -0.3 is 18.9 Å². The normalized spacial score (nSPS) is 14.5. The molecule has 2 saturated carbocycles. The molecule has 0 radical (unpaired) electrons. The summed E-state index contributed by atoms with van der Waals surface area (Å²) in [5.41, 5.74) is 16.9. The van der Waals surface area contributed by atoms with Gasteiger partial charge in [0.2, 0.25) is 0 Å². The quantitative estimate of drug-likeness (QED) is 0.112. The van der Waals surface area contributed by atoms with Gasteiger partial charge in [0, 0.05) is 32.7 Å². The van der Waals surface area contributed by atoms with Gasteiger partial charge in [-0.05, 0) is 178 Å². The maximum Gasteiger partial charge on any atom is 0.177 e. The van der Waals surface area contributed by atoms with Crippen molar-refractivity contribution in [1.82, 2.24) is 9.97 Å². The minimum Gasteiger partial charge on any atom is -0.493 e. The van der Waals surface area contributed by atoms with Gasteiger partial charge in [0.15, 0.2) is 23.0 Å². The third kappa shape index (κ3) is 9.34. The van der Waals surface area contributed by atoms with Crippen molar-refractivity contribution in [2.45, 2.75) is 88.9 Å². The second kappa shape index (κ2) is 21.1. The predicted molar refractivity (Wildman–Crippen MR) is 318 cm³/mol. The van der Waals surface area contributed by atoms with Crippen LogP contribution in [-0.4, -0.2) is 38.4 Å². The van der Waals surface area contributed by atoms with E-state index >= 15 is 0 Å². The molecule has 3 aliphatic carbocycles. The van der Waals surface area contributed by atoms with Crippen LogP contribution in [0, 0.1) is 23.7 Å². The average Bonchev–Trinajstić information content (AvgIpc) is 3.66. The molecule has 8 aromatic carbocycles. The average molecular weight is 1020 g/mol. The smallest absolute Gasteiger partial charge is 0.177 e. The summed E-state index contributed by atoms with van der Waals surface area (Å²) in [6.07, 6.45) is 15.0. The Morgan fingerprint density at radius 3 is 1.10 bits per heavy atom. The summed E-state index contributed by atoms with van der Waals surface area (Å²) in [6.45, 7) is 0. The molecular formula is C72H62N2O4. The first kappa shape index (κ1) is 49.0. The fraction of sp³-hybridized carbons (Fsp3) is 0.250. The zero-order valence-corrected chi connectivity index (χ0v) is 45.0. The summed E-state index contributed by atoms with van der Waals surface area (Å²) in [5.74, 6) is 17.8. The molecule has 10 aromatic rings. The van der Waals surface area contributed by atoms with E-state index in [9.17, 15) is 0 Å². The SMILES string of the molecule is COc1cc2cc3cc4c(nc3cc2c(C#Cc2ccc(-c3ccc(C5CCCCC5)cc3)cc2)c1OC)-c1nc2cc3c(C#Cc5ccc(-c6ccc(C7CCCCC7)cc6)cc5)c(OC)c(OC)cc3cc2cc1CC4. The van der Waals surface area contributed by atoms with Crippen LogP contribution in [0.15, 0.2) is 146 Å². The Labute approximate surface area is 457 Å². The fourth-order valence-electron chi connectivity index (χ4n) is 12.7. The van der Waals surface area contributed by atoms with Gasteiger partial charge in [-0.25, -0.2) is 9.97 Å². The summed E-state index contributed by atoms with van der Waals surface area (Å²) < 4.78 is 23.9. The second-order valence-corrected chi connectivity index (χ2v) is 21.6. The summed E-state index contributed by atoms with van der Waals surface area (Å²) in [4.78, 5) is 10.9. The molecule has 2 heterocycles. The maximum atomic E-state index is 6.04. The Morgan fingerprint density at radius 1 is 0.372 bits per heavy atom. The van der Waals surface area contributed by atoms with E-state index in [2.05, 4.69) is 157 Å². The van der Waals surface area contributed by atoms with Gasteiger partial charge in [0.05, 0.1) is 62.0 Å². The summed E-state index contributed by atoms with van der Waals surface area (Å²) >= 11 is 0. The topological polar surface area (TPSA) is 62.7 Å². The summed E-state index contributed by atoms with van der Waals surface area (Å²) in [7, 11) is 6.70. The van der Waals surface area contributed by atoms with E-state index in [4.69, 9.17) is 28.9 Å². The largest absolute Gasteiger partial charge is 0.493 e. The highest BCUT2D eigenvalue weighted by atomic mass is 16.5. The molecular weight excluding hydrogens is 957 g/mol. The standard InChI is InChI=1S/C72H62N2O4/c1-75-67-41-57-39-59-37-55-33-34-56-38-60-40-58-42-68(76-2)72(78-4)62(36-20-46-17-23-50(24-18-46)54-31-27-52(28-32-54)48-13-9-6-10-14-48)64(58)44-66(60)74-70(56)69(55)73-65(59)43-63(57)61(71(67)77-3)35-19-45-15-21-49(22-16-45)53-29-25-51(26-30-53)47-11-7-5-8-12-47/h15-18,21-32,37-44,47-48H,5-14,33-34H2,1-4H3. The lowest BCUT2D eigenvalue weighted by Crippen LogP contribution is -2.08. The molecule has 0 bridgehead atoms. The number of methoxy groups -OCH3 is 4. The molecule has 0 spiro atoms. The van der Waals surface area contributed by atoms with Crippen LogP contribution in [0.4, 0.5) is 0 Å². The predicted octanol–water partition coefficient (Wildman–Crippen LogP) is 17.1. The van der Waals surface area contributed by atoms with Gasteiger partial charge in [-0.1, -0.05) is 135 Å². The molecule has 0 unspecified atom stereocenters. The first-order chi connectivity index (χ1) is 38.4. The number of rotatable bonds is 8. The number of aromatic nitrogens is 2. The minimum absolute atomic E-state index is 0.595. The van der Waals surface area contributed by atoms with Crippen molar-refractivity contribution in [3.8, 4) is 80.3 Å². The van der Waals surface area contributed by atoms with E-state index in [1.807, 2.05) is 12.1 Å². The first-order valence-electron chi connectivity index (χ1n) is 27.9. The molecule has 6 heteroatoms. The highest BCUT2D eigenvalue weighted by Crippen LogP contribution is 2.43. The molecule has 384 valence electrons. The van der Waals surface area contributed by atoms with Crippen LogP contribution >= 0.6 is 0 Å². The van der Waals surface area contributed by atoms with Gasteiger partial charge in [0.25, 0.3) is 0 Å². The fourth-order valence-corrected chi connectivity index (χ4v) is 12.7. The van der Waals surface area contributed by atoms with E-state index in [-0.39, 0.29) is 0 Å². The van der Waals surface area contributed by atoms with Crippen LogP contribution in [-0.2, 0) is 12.8 Å². The van der Waals surface area contributed by atoms with Gasteiger partial charge in [-0.2, -0.15) is 0 Å². The van der Waals surface area contributed by atoms with Crippen LogP contribution in [0.2, 0.25) is 0 Å². The maximum absolute atomic E-state index is 6.04. The van der Waals surface area contributed by atoms with Crippen molar-refractivity contribution in [1.29, 1.82) is 0 Å². The Hall–Kier alpha value is -8.58. The Bertz CT molecular complexity index is 3800. The van der Waals surface area contributed by atoms with Crippen LogP contribution in [0.3, 0.4) is 0 Å². The number of pyridine rings is 2. The number of hydrogen-bond donors (Lipinski definition) is 0. The zero-order valence-electron chi connectivity index (χ0n) is 45.0. The van der Waals surface area contributed by atoms with Crippen LogP contribution < -0.4 is 18.9 Å². The second-order valence-electron chi connectivity index (χ2n) is 21.6. The molecule has 3 aliphatic rings.